The van der Waals surface area contributed by atoms with E-state index in [1.54, 1.807) is 21.1 Å². The number of esters is 1. The quantitative estimate of drug-likeness (QED) is 0.0768. The summed E-state index contributed by atoms with van der Waals surface area (Å²) in [6, 6.07) is 5.86. The maximum atomic E-state index is 12.4. The molecule has 7 heteroatoms. The second kappa shape index (κ2) is 19.8. The molecule has 1 N–H and O–H groups in total. The molecule has 0 aliphatic heterocycles. The molecule has 40 heavy (non-hydrogen) atoms. The van der Waals surface area contributed by atoms with Crippen molar-refractivity contribution in [1.29, 1.82) is 0 Å². The lowest BCUT2D eigenvalue weighted by molar-refractivity contribution is -0.166. The molecule has 0 saturated heterocycles. The molecule has 1 heterocycles. The number of nitrogens with one attached hydrogen (secondary N) is 1. The van der Waals surface area contributed by atoms with Gasteiger partial charge in [0, 0.05) is 44.0 Å². The average Bonchev–Trinajstić information content (AvgIpc) is 3.35. The van der Waals surface area contributed by atoms with E-state index >= 15 is 0 Å². The van der Waals surface area contributed by atoms with Gasteiger partial charge in [0.15, 0.2) is 0 Å². The molecule has 1 aromatic carbocycles. The Hall–Kier alpha value is -3.22. The highest BCUT2D eigenvalue weighted by Gasteiger charge is 2.18. The van der Waals surface area contributed by atoms with Crippen LogP contribution in [0.4, 0.5) is 4.79 Å². The number of rotatable bonds is 20. The van der Waals surface area contributed by atoms with E-state index in [1.165, 1.54) is 43.4 Å². The molecule has 1 atom stereocenters. The van der Waals surface area contributed by atoms with E-state index in [2.05, 4.69) is 36.2 Å². The fraction of sp³-hybridized carbons (Fsp3) is 0.576. The first-order valence-electron chi connectivity index (χ1n) is 15.0. The average molecular weight is 555 g/mol. The highest BCUT2D eigenvalue weighted by molar-refractivity contribution is 5.84. The van der Waals surface area contributed by atoms with Crippen molar-refractivity contribution < 1.29 is 23.8 Å². The predicted molar refractivity (Wildman–Crippen MR) is 163 cm³/mol. The fourth-order valence-corrected chi connectivity index (χ4v) is 4.45. The van der Waals surface area contributed by atoms with Crippen LogP contribution >= 0.6 is 0 Å². The Kier molecular flexibility index (Phi) is 16.3. The van der Waals surface area contributed by atoms with Gasteiger partial charge in [-0.25, -0.2) is 4.79 Å². The number of aromatic amines is 1. The molecule has 2 rings (SSSR count). The number of hydrogen-bond donors (Lipinski definition) is 1. The highest BCUT2D eigenvalue weighted by atomic mass is 16.7. The van der Waals surface area contributed by atoms with Gasteiger partial charge in [-0.2, -0.15) is 0 Å². The monoisotopic (exact) mass is 554 g/mol. The second-order valence-electron chi connectivity index (χ2n) is 10.3. The van der Waals surface area contributed by atoms with Gasteiger partial charge in [0.05, 0.1) is 7.11 Å². The van der Waals surface area contributed by atoms with Crippen molar-refractivity contribution >= 4 is 23.0 Å². The minimum absolute atomic E-state index is 0.332. The van der Waals surface area contributed by atoms with E-state index in [0.29, 0.717) is 19.4 Å². The van der Waals surface area contributed by atoms with E-state index in [-0.39, 0.29) is 5.97 Å². The Morgan fingerprint density at radius 2 is 1.65 bits per heavy atom. The van der Waals surface area contributed by atoms with Crippen molar-refractivity contribution in [1.82, 2.24) is 9.88 Å². The molecule has 2 aromatic rings. The topological polar surface area (TPSA) is 80.9 Å². The van der Waals surface area contributed by atoms with Gasteiger partial charge in [0.1, 0.15) is 5.75 Å². The third-order valence-electron chi connectivity index (χ3n) is 6.90. The van der Waals surface area contributed by atoms with E-state index in [1.807, 2.05) is 24.4 Å². The Morgan fingerprint density at radius 1 is 0.950 bits per heavy atom. The summed E-state index contributed by atoms with van der Waals surface area (Å²) in [6.45, 7) is 4.27. The Bertz CT molecular complexity index is 1060. The summed E-state index contributed by atoms with van der Waals surface area (Å²) in [4.78, 5) is 29.3. The van der Waals surface area contributed by atoms with E-state index in [4.69, 9.17) is 14.2 Å². The molecule has 0 radical (unpaired) electrons. The first-order chi connectivity index (χ1) is 19.4. The standard InChI is InChI=1S/C33H50N2O5/c1-5-6-7-8-9-10-11-12-13-14-15-16-17-18-19-20-32(36)39-27(2)40-33(37)35(3)24-23-28-26-34-31-22-21-29(38-4)25-30(28)31/h9-10,12-13,21-22,25-27,34H,5-8,11,14-20,23-24H2,1-4H3/b10-9-,13-12-. The van der Waals surface area contributed by atoms with Crippen LogP contribution in [-0.4, -0.2) is 48.9 Å². The number of aromatic nitrogens is 1. The number of H-pyrrole nitrogens is 1. The number of hydrogen-bond acceptors (Lipinski definition) is 5. The molecule has 1 unspecified atom stereocenters. The second-order valence-corrected chi connectivity index (χ2v) is 10.3. The third kappa shape index (κ3) is 13.2. The van der Waals surface area contributed by atoms with Crippen LogP contribution in [0.1, 0.15) is 96.5 Å². The van der Waals surface area contributed by atoms with E-state index < -0.39 is 12.4 Å². The molecule has 0 aliphatic rings. The molecule has 7 nitrogen and oxygen atoms in total. The van der Waals surface area contributed by atoms with Crippen LogP contribution in [-0.2, 0) is 20.7 Å². The molecule has 0 aliphatic carbocycles. The molecule has 1 amide bonds. The van der Waals surface area contributed by atoms with Crippen molar-refractivity contribution in [3.63, 3.8) is 0 Å². The summed E-state index contributed by atoms with van der Waals surface area (Å²) in [6.07, 6.45) is 23.0. The van der Waals surface area contributed by atoms with Crippen molar-refractivity contribution in [3.05, 3.63) is 54.3 Å². The molecule has 222 valence electrons. The number of benzene rings is 1. The number of ether oxygens (including phenoxy) is 3. The molecule has 0 spiro atoms. The first-order valence-corrected chi connectivity index (χ1v) is 15.0. The number of nitrogens with zero attached hydrogens (tertiary/aromatic N) is 1. The number of likely N-dealkylation sites (N-methyl/N-ethyl adjacent to an activating group) is 1. The van der Waals surface area contributed by atoms with Crippen LogP contribution in [0.25, 0.3) is 10.9 Å². The molecule has 0 saturated carbocycles. The van der Waals surface area contributed by atoms with Gasteiger partial charge in [0.25, 0.3) is 0 Å². The van der Waals surface area contributed by atoms with Crippen LogP contribution < -0.4 is 4.74 Å². The lowest BCUT2D eigenvalue weighted by Gasteiger charge is -2.20. The molecule has 0 bridgehead atoms. The maximum absolute atomic E-state index is 12.4. The van der Waals surface area contributed by atoms with E-state index in [9.17, 15) is 9.59 Å². The van der Waals surface area contributed by atoms with Gasteiger partial charge in [-0.15, -0.1) is 0 Å². The zero-order valence-corrected chi connectivity index (χ0v) is 25.1. The lowest BCUT2D eigenvalue weighted by atomic mass is 10.1. The van der Waals surface area contributed by atoms with Crippen molar-refractivity contribution in [2.24, 2.45) is 0 Å². The van der Waals surface area contributed by atoms with Crippen LogP contribution in [0, 0.1) is 0 Å². The number of carbonyl (C=O) groups excluding carboxylic acids is 2. The van der Waals surface area contributed by atoms with Crippen molar-refractivity contribution in [2.45, 2.75) is 104 Å². The molecule has 0 fully saturated rings. The van der Waals surface area contributed by atoms with Crippen LogP contribution in [0.2, 0.25) is 0 Å². The van der Waals surface area contributed by atoms with Crippen molar-refractivity contribution in [2.75, 3.05) is 20.7 Å². The number of unbranched alkanes of at least 4 members (excludes halogenated alkanes) is 8. The minimum Gasteiger partial charge on any atom is -0.497 e. The summed E-state index contributed by atoms with van der Waals surface area (Å²) >= 11 is 0. The summed E-state index contributed by atoms with van der Waals surface area (Å²) < 4.78 is 15.9. The largest absolute Gasteiger partial charge is 0.497 e. The SMILES string of the molecule is CCCCC/C=C\C/C=C\CCCCCCCC(=O)OC(C)OC(=O)N(C)CCc1c[nH]c2ccc(OC)cc12. The summed E-state index contributed by atoms with van der Waals surface area (Å²) in [5.41, 5.74) is 2.11. The van der Waals surface area contributed by atoms with Crippen LogP contribution in [0.5, 0.6) is 5.75 Å². The number of amides is 1. The van der Waals surface area contributed by atoms with Crippen molar-refractivity contribution in [3.8, 4) is 5.75 Å². The fourth-order valence-electron chi connectivity index (χ4n) is 4.45. The molecular formula is C33H50N2O5. The number of methoxy groups -OCH3 is 1. The lowest BCUT2D eigenvalue weighted by Crippen LogP contribution is -2.33. The smallest absolute Gasteiger partial charge is 0.412 e. The van der Waals surface area contributed by atoms with Gasteiger partial charge < -0.3 is 24.1 Å². The summed E-state index contributed by atoms with van der Waals surface area (Å²) in [5, 5.41) is 1.07. The zero-order chi connectivity index (χ0) is 29.0. The first kappa shape index (κ1) is 33.0. The van der Waals surface area contributed by atoms with Crippen LogP contribution in [0.3, 0.4) is 0 Å². The predicted octanol–water partition coefficient (Wildman–Crippen LogP) is 8.49. The summed E-state index contributed by atoms with van der Waals surface area (Å²) in [7, 11) is 3.32. The van der Waals surface area contributed by atoms with Gasteiger partial charge in [-0.1, -0.05) is 63.3 Å². The number of fused-ring (bicyclic) bond motifs is 1. The number of allylic oxidation sites excluding steroid dienone is 4. The molecule has 1 aromatic heterocycles. The number of carbonyl (C=O) groups is 2. The summed E-state index contributed by atoms with van der Waals surface area (Å²) in [5.74, 6) is 0.456. The Labute approximate surface area is 240 Å². The Balaban J connectivity index is 1.51. The van der Waals surface area contributed by atoms with Gasteiger partial charge >= 0.3 is 12.1 Å². The van der Waals surface area contributed by atoms with Gasteiger partial charge in [0.2, 0.25) is 6.29 Å². The normalized spacial score (nSPS) is 12.3. The van der Waals surface area contributed by atoms with Gasteiger partial charge in [-0.05, 0) is 68.7 Å². The Morgan fingerprint density at radius 3 is 2.38 bits per heavy atom. The maximum Gasteiger partial charge on any atom is 0.412 e. The van der Waals surface area contributed by atoms with E-state index in [0.717, 1.165) is 54.3 Å². The van der Waals surface area contributed by atoms with Crippen LogP contribution in [0.15, 0.2) is 48.7 Å². The minimum atomic E-state index is -0.919. The van der Waals surface area contributed by atoms with Gasteiger partial charge in [-0.3, -0.25) is 4.79 Å². The highest BCUT2D eigenvalue weighted by Crippen LogP contribution is 2.24. The molecular weight excluding hydrogens is 504 g/mol. The third-order valence-corrected chi connectivity index (χ3v) is 6.90. The zero-order valence-electron chi connectivity index (χ0n) is 25.1.